The number of nitrogens with one attached hydrogen (secondary N) is 1. The minimum atomic E-state index is -1.43. The third-order valence-corrected chi connectivity index (χ3v) is 1.59. The molecular weight excluding hydrogens is 232 g/mol. The normalized spacial score (nSPS) is 11.8. The van der Waals surface area contributed by atoms with Crippen LogP contribution >= 0.6 is 0 Å². The summed E-state index contributed by atoms with van der Waals surface area (Å²) in [5.74, 6) is -3.87. The Kier molecular flexibility index (Phi) is 6.01. The number of esters is 1. The maximum atomic E-state index is 11.1. The number of carbonyl (C=O) groups excluding carboxylic acids is 3. The van der Waals surface area contributed by atoms with Gasteiger partial charge in [-0.2, -0.15) is 0 Å². The Morgan fingerprint density at radius 2 is 1.94 bits per heavy atom. The molecule has 0 aromatic carbocycles. The molecule has 0 aliphatic heterocycles. The average Bonchev–Trinajstić information content (AvgIpc) is 2.24. The number of ether oxygens (including phenoxy) is 1. The molecular formula is C9H12N2O6. The molecule has 0 fully saturated rings. The lowest BCUT2D eigenvalue weighted by Crippen LogP contribution is -2.42. The summed E-state index contributed by atoms with van der Waals surface area (Å²) in [7, 11) is 1.12. The van der Waals surface area contributed by atoms with Crippen molar-refractivity contribution in [3.8, 4) is 0 Å². The van der Waals surface area contributed by atoms with E-state index in [9.17, 15) is 19.2 Å². The lowest BCUT2D eigenvalue weighted by molar-refractivity contribution is -0.142. The standard InChI is InChI=1S/C9H12N2O6/c1-17-8(14)3-2-7(13)11-5(9(15)16)4-6(10)12/h2-3,5H,4H2,1H3,(H2,10,12)(H,11,13)(H,15,16)/b3-2+. The molecule has 0 bridgehead atoms. The van der Waals surface area contributed by atoms with E-state index in [0.29, 0.717) is 0 Å². The first-order valence-electron chi connectivity index (χ1n) is 4.44. The minimum absolute atomic E-state index is 0.535. The third-order valence-electron chi connectivity index (χ3n) is 1.59. The second kappa shape index (κ2) is 6.99. The Morgan fingerprint density at radius 3 is 2.35 bits per heavy atom. The zero-order valence-electron chi connectivity index (χ0n) is 9.00. The van der Waals surface area contributed by atoms with E-state index < -0.39 is 36.2 Å². The zero-order valence-corrected chi connectivity index (χ0v) is 9.00. The molecule has 94 valence electrons. The van der Waals surface area contributed by atoms with Gasteiger partial charge in [0, 0.05) is 12.2 Å². The van der Waals surface area contributed by atoms with Crippen molar-refractivity contribution >= 4 is 23.8 Å². The third kappa shape index (κ3) is 6.66. The molecule has 0 aliphatic carbocycles. The number of carboxylic acid groups (broad SMARTS) is 1. The summed E-state index contributed by atoms with van der Waals surface area (Å²) >= 11 is 0. The van der Waals surface area contributed by atoms with Crippen LogP contribution in [0.4, 0.5) is 0 Å². The van der Waals surface area contributed by atoms with E-state index in [-0.39, 0.29) is 0 Å². The van der Waals surface area contributed by atoms with Crippen LogP contribution in [-0.2, 0) is 23.9 Å². The molecule has 0 saturated carbocycles. The Balaban J connectivity index is 4.41. The summed E-state index contributed by atoms with van der Waals surface area (Å²) in [6.07, 6.45) is 1.08. The minimum Gasteiger partial charge on any atom is -0.480 e. The predicted molar refractivity (Wildman–Crippen MR) is 54.5 cm³/mol. The number of primary amides is 1. The van der Waals surface area contributed by atoms with Crippen LogP contribution in [-0.4, -0.2) is 42.0 Å². The van der Waals surface area contributed by atoms with Gasteiger partial charge in [-0.3, -0.25) is 9.59 Å². The second-order valence-corrected chi connectivity index (χ2v) is 2.93. The Bertz CT molecular complexity index is 362. The quantitative estimate of drug-likeness (QED) is 0.371. The van der Waals surface area contributed by atoms with Gasteiger partial charge < -0.3 is 20.9 Å². The fraction of sp³-hybridized carbons (Fsp3) is 0.333. The van der Waals surface area contributed by atoms with Gasteiger partial charge in [-0.15, -0.1) is 0 Å². The van der Waals surface area contributed by atoms with Gasteiger partial charge in [-0.25, -0.2) is 9.59 Å². The van der Waals surface area contributed by atoms with Gasteiger partial charge in [0.1, 0.15) is 6.04 Å². The Morgan fingerprint density at radius 1 is 1.35 bits per heavy atom. The molecule has 0 spiro atoms. The van der Waals surface area contributed by atoms with E-state index in [2.05, 4.69) is 4.74 Å². The Hall–Kier alpha value is -2.38. The van der Waals surface area contributed by atoms with Gasteiger partial charge >= 0.3 is 11.9 Å². The molecule has 0 aromatic rings. The lowest BCUT2D eigenvalue weighted by atomic mass is 10.2. The number of rotatable bonds is 6. The van der Waals surface area contributed by atoms with E-state index in [1.807, 2.05) is 5.32 Å². The number of aliphatic carboxylic acids is 1. The smallest absolute Gasteiger partial charge is 0.330 e. The van der Waals surface area contributed by atoms with Crippen molar-refractivity contribution in [2.75, 3.05) is 7.11 Å². The first kappa shape index (κ1) is 14.6. The highest BCUT2D eigenvalue weighted by molar-refractivity contribution is 5.97. The van der Waals surface area contributed by atoms with Crippen molar-refractivity contribution < 1.29 is 29.0 Å². The number of carboxylic acids is 1. The van der Waals surface area contributed by atoms with Crippen molar-refractivity contribution in [1.29, 1.82) is 0 Å². The van der Waals surface area contributed by atoms with Crippen LogP contribution in [0.3, 0.4) is 0 Å². The summed E-state index contributed by atoms with van der Waals surface area (Å²) < 4.78 is 4.22. The largest absolute Gasteiger partial charge is 0.480 e. The summed E-state index contributed by atoms with van der Waals surface area (Å²) in [6, 6.07) is -1.43. The first-order chi connectivity index (χ1) is 7.86. The van der Waals surface area contributed by atoms with E-state index in [1.54, 1.807) is 0 Å². The van der Waals surface area contributed by atoms with Gasteiger partial charge in [0.25, 0.3) is 0 Å². The zero-order chi connectivity index (χ0) is 13.4. The second-order valence-electron chi connectivity index (χ2n) is 2.93. The van der Waals surface area contributed by atoms with Crippen molar-refractivity contribution in [1.82, 2.24) is 5.32 Å². The van der Waals surface area contributed by atoms with Crippen molar-refractivity contribution in [3.05, 3.63) is 12.2 Å². The van der Waals surface area contributed by atoms with E-state index >= 15 is 0 Å². The lowest BCUT2D eigenvalue weighted by Gasteiger charge is -2.10. The van der Waals surface area contributed by atoms with E-state index in [0.717, 1.165) is 19.3 Å². The molecule has 0 heterocycles. The van der Waals surface area contributed by atoms with Crippen LogP contribution in [0.5, 0.6) is 0 Å². The molecule has 8 nitrogen and oxygen atoms in total. The fourth-order valence-corrected chi connectivity index (χ4v) is 0.833. The van der Waals surface area contributed by atoms with Crippen LogP contribution in [0.25, 0.3) is 0 Å². The number of amides is 2. The highest BCUT2D eigenvalue weighted by atomic mass is 16.5. The van der Waals surface area contributed by atoms with E-state index in [1.165, 1.54) is 0 Å². The van der Waals surface area contributed by atoms with Crippen molar-refractivity contribution in [3.63, 3.8) is 0 Å². The SMILES string of the molecule is COC(=O)/C=C/C(=O)NC(CC(N)=O)C(=O)O. The van der Waals surface area contributed by atoms with Gasteiger partial charge in [-0.1, -0.05) is 0 Å². The van der Waals surface area contributed by atoms with Crippen molar-refractivity contribution in [2.45, 2.75) is 12.5 Å². The molecule has 17 heavy (non-hydrogen) atoms. The van der Waals surface area contributed by atoms with Gasteiger partial charge in [0.2, 0.25) is 11.8 Å². The van der Waals surface area contributed by atoms with Gasteiger partial charge in [-0.05, 0) is 0 Å². The maximum absolute atomic E-state index is 11.1. The first-order valence-corrected chi connectivity index (χ1v) is 4.44. The molecule has 2 amide bonds. The molecule has 8 heteroatoms. The monoisotopic (exact) mass is 244 g/mol. The maximum Gasteiger partial charge on any atom is 0.330 e. The number of methoxy groups -OCH3 is 1. The molecule has 4 N–H and O–H groups in total. The summed E-state index contributed by atoms with van der Waals surface area (Å²) in [5, 5.41) is 10.6. The van der Waals surface area contributed by atoms with Crippen molar-refractivity contribution in [2.24, 2.45) is 5.73 Å². The van der Waals surface area contributed by atoms with Crippen LogP contribution in [0.1, 0.15) is 6.42 Å². The average molecular weight is 244 g/mol. The Labute approximate surface area is 96.4 Å². The topological polar surface area (TPSA) is 136 Å². The summed E-state index contributed by atoms with van der Waals surface area (Å²) in [6.45, 7) is 0. The van der Waals surface area contributed by atoms with Crippen LogP contribution in [0.15, 0.2) is 12.2 Å². The summed E-state index contributed by atoms with van der Waals surface area (Å²) in [4.78, 5) is 42.9. The number of nitrogens with two attached hydrogens (primary N) is 1. The van der Waals surface area contributed by atoms with Crippen LogP contribution in [0, 0.1) is 0 Å². The molecule has 0 radical (unpaired) electrons. The molecule has 0 aromatic heterocycles. The van der Waals surface area contributed by atoms with Crippen LogP contribution < -0.4 is 11.1 Å². The number of hydrogen-bond donors (Lipinski definition) is 3. The highest BCUT2D eigenvalue weighted by Crippen LogP contribution is 1.92. The van der Waals surface area contributed by atoms with Gasteiger partial charge in [0.15, 0.2) is 0 Å². The molecule has 0 aliphatic rings. The number of hydrogen-bond acceptors (Lipinski definition) is 5. The van der Waals surface area contributed by atoms with Crippen LogP contribution in [0.2, 0.25) is 0 Å². The summed E-state index contributed by atoms with van der Waals surface area (Å²) in [5.41, 5.74) is 4.80. The molecule has 0 saturated heterocycles. The molecule has 0 rings (SSSR count). The highest BCUT2D eigenvalue weighted by Gasteiger charge is 2.21. The molecule has 1 unspecified atom stereocenters. The molecule has 1 atom stereocenters. The number of carbonyl (C=O) groups is 4. The van der Waals surface area contributed by atoms with E-state index in [4.69, 9.17) is 10.8 Å². The van der Waals surface area contributed by atoms with Gasteiger partial charge in [0.05, 0.1) is 13.5 Å². The predicted octanol–water partition coefficient (Wildman–Crippen LogP) is -1.84. The fourth-order valence-electron chi connectivity index (χ4n) is 0.833.